The van der Waals surface area contributed by atoms with Crippen molar-refractivity contribution in [2.45, 2.75) is 49.9 Å². The Kier molecular flexibility index (Phi) is 43.9. The lowest BCUT2D eigenvalue weighted by atomic mass is 10.2. The molecule has 0 saturated carbocycles. The Morgan fingerprint density at radius 2 is 0.634 bits per heavy atom. The summed E-state index contributed by atoms with van der Waals surface area (Å²) in [5.41, 5.74) is 25.3. The Labute approximate surface area is 258 Å². The van der Waals surface area contributed by atoms with E-state index in [1.54, 1.807) is 47.0 Å². The van der Waals surface area contributed by atoms with Crippen molar-refractivity contribution in [2.75, 3.05) is 54.6 Å². The zero-order chi connectivity index (χ0) is 33.4. The van der Waals surface area contributed by atoms with Gasteiger partial charge in [-0.25, -0.2) is 0 Å². The standard InChI is InChI=1S/4C5H11NO2S.C2H5NO2/c4*1-9-3-2-4(6)5(7)8;3-1-2(4)5/h4*4H,2-3,6H2,1H3,(H,7,8);1,3H2,(H,4,5). The largest absolute Gasteiger partial charge is 0.480 e. The Balaban J connectivity index is -0.000000133. The van der Waals surface area contributed by atoms with Crippen LogP contribution in [0.5, 0.6) is 0 Å². The number of rotatable bonds is 17. The first-order valence-corrected chi connectivity index (χ1v) is 17.4. The fraction of sp³-hybridized carbons (Fsp3) is 0.773. The lowest BCUT2D eigenvalue weighted by Gasteiger charge is -2.02. The van der Waals surface area contributed by atoms with Gasteiger partial charge in [0.15, 0.2) is 0 Å². The van der Waals surface area contributed by atoms with E-state index in [4.69, 9.17) is 48.5 Å². The van der Waals surface area contributed by atoms with Crippen LogP contribution in [0.4, 0.5) is 0 Å². The van der Waals surface area contributed by atoms with Gasteiger partial charge in [-0.15, -0.1) is 0 Å². The number of aliphatic carboxylic acids is 5. The summed E-state index contributed by atoms with van der Waals surface area (Å²) < 4.78 is 0. The molecule has 0 aliphatic heterocycles. The molecule has 4 unspecified atom stereocenters. The predicted molar refractivity (Wildman–Crippen MR) is 171 cm³/mol. The van der Waals surface area contributed by atoms with Gasteiger partial charge < -0.3 is 54.2 Å². The quantitative estimate of drug-likeness (QED) is 0.0943. The van der Waals surface area contributed by atoms with E-state index in [1.165, 1.54) is 0 Å². The van der Waals surface area contributed by atoms with Gasteiger partial charge in [0.2, 0.25) is 0 Å². The summed E-state index contributed by atoms with van der Waals surface area (Å²) in [7, 11) is 0. The maximum absolute atomic E-state index is 10.1. The molecule has 246 valence electrons. The first kappa shape index (κ1) is 49.2. The molecule has 41 heavy (non-hydrogen) atoms. The van der Waals surface area contributed by atoms with Gasteiger partial charge in [0.1, 0.15) is 24.2 Å². The van der Waals surface area contributed by atoms with Crippen LogP contribution < -0.4 is 28.7 Å². The highest BCUT2D eigenvalue weighted by Crippen LogP contribution is 1.99. The van der Waals surface area contributed by atoms with E-state index in [9.17, 15) is 24.0 Å². The van der Waals surface area contributed by atoms with Gasteiger partial charge in [-0.3, -0.25) is 24.0 Å². The second-order valence-corrected chi connectivity index (χ2v) is 11.4. The number of hydrogen-bond acceptors (Lipinski definition) is 14. The van der Waals surface area contributed by atoms with E-state index in [0.717, 1.165) is 23.0 Å². The lowest BCUT2D eigenvalue weighted by Crippen LogP contribution is -2.30. The normalized spacial score (nSPS) is 12.4. The van der Waals surface area contributed by atoms with Gasteiger partial charge in [-0.2, -0.15) is 47.0 Å². The van der Waals surface area contributed by atoms with Crippen LogP contribution in [0.1, 0.15) is 25.7 Å². The van der Waals surface area contributed by atoms with Crippen molar-refractivity contribution in [1.82, 2.24) is 0 Å². The monoisotopic (exact) mass is 671 g/mol. The van der Waals surface area contributed by atoms with Crippen LogP contribution in [0.2, 0.25) is 0 Å². The summed E-state index contributed by atoms with van der Waals surface area (Å²) >= 11 is 6.42. The average Bonchev–Trinajstić information content (AvgIpc) is 2.92. The topological polar surface area (TPSA) is 317 Å². The fourth-order valence-corrected chi connectivity index (χ4v) is 3.43. The molecule has 0 fully saturated rings. The average molecular weight is 672 g/mol. The van der Waals surface area contributed by atoms with Crippen molar-refractivity contribution >= 4 is 76.9 Å². The molecule has 0 aliphatic carbocycles. The minimum absolute atomic E-state index is 0.278. The van der Waals surface area contributed by atoms with E-state index in [1.807, 2.05) is 25.0 Å². The zero-order valence-electron chi connectivity index (χ0n) is 24.0. The van der Waals surface area contributed by atoms with Crippen LogP contribution in [0, 0.1) is 0 Å². The van der Waals surface area contributed by atoms with Gasteiger partial charge in [0, 0.05) is 0 Å². The van der Waals surface area contributed by atoms with Crippen LogP contribution in [-0.4, -0.2) is 134 Å². The van der Waals surface area contributed by atoms with Crippen molar-refractivity contribution in [3.8, 4) is 0 Å². The van der Waals surface area contributed by atoms with Crippen LogP contribution in [0.15, 0.2) is 0 Å². The van der Waals surface area contributed by atoms with Crippen LogP contribution in [0.25, 0.3) is 0 Å². The fourth-order valence-electron chi connectivity index (χ4n) is 1.47. The maximum Gasteiger partial charge on any atom is 0.320 e. The van der Waals surface area contributed by atoms with E-state index in [-0.39, 0.29) is 6.54 Å². The third-order valence-electron chi connectivity index (χ3n) is 3.98. The first-order valence-electron chi connectivity index (χ1n) is 11.8. The second-order valence-electron chi connectivity index (χ2n) is 7.50. The Bertz CT molecular complexity index is 589. The molecular formula is C22H49N5O10S4. The van der Waals surface area contributed by atoms with Crippen molar-refractivity contribution in [3.63, 3.8) is 0 Å². The SMILES string of the molecule is CSCCC(N)C(=O)O.CSCCC(N)C(=O)O.CSCCC(N)C(=O)O.CSCCC(N)C(=O)O.NCC(=O)O. The van der Waals surface area contributed by atoms with Crippen LogP contribution >= 0.6 is 47.0 Å². The van der Waals surface area contributed by atoms with Gasteiger partial charge in [0.05, 0.1) is 6.54 Å². The second kappa shape index (κ2) is 36.6. The zero-order valence-corrected chi connectivity index (χ0v) is 27.2. The summed E-state index contributed by atoms with van der Waals surface area (Å²) in [4.78, 5) is 49.5. The molecule has 15 N–H and O–H groups in total. The summed E-state index contributed by atoms with van der Waals surface area (Å²) in [5.74, 6) is -1.37. The van der Waals surface area contributed by atoms with E-state index in [0.29, 0.717) is 25.7 Å². The Hall–Kier alpha value is -1.45. The number of hydrogen-bond donors (Lipinski definition) is 10. The molecule has 0 bridgehead atoms. The number of nitrogens with two attached hydrogens (primary N) is 5. The molecular weight excluding hydrogens is 623 g/mol. The molecule has 19 heteroatoms. The molecule has 4 atom stereocenters. The third-order valence-corrected chi connectivity index (χ3v) is 6.55. The molecule has 0 aromatic heterocycles. The van der Waals surface area contributed by atoms with Crippen molar-refractivity contribution in [2.24, 2.45) is 28.7 Å². The molecule has 0 radical (unpaired) electrons. The van der Waals surface area contributed by atoms with E-state index in [2.05, 4.69) is 5.73 Å². The molecule has 0 saturated heterocycles. The molecule has 0 rings (SSSR count). The predicted octanol–water partition coefficient (Wildman–Crippen LogP) is -0.365. The lowest BCUT2D eigenvalue weighted by molar-refractivity contribution is -0.139. The van der Waals surface area contributed by atoms with Crippen molar-refractivity contribution < 1.29 is 49.5 Å². The minimum atomic E-state index is -0.968. The summed E-state index contributed by atoms with van der Waals surface area (Å²) in [6.45, 7) is -0.278. The number of carboxylic acids is 5. The van der Waals surface area contributed by atoms with Crippen LogP contribution in [0.3, 0.4) is 0 Å². The Morgan fingerprint density at radius 1 is 0.488 bits per heavy atom. The van der Waals surface area contributed by atoms with Gasteiger partial charge in [-0.1, -0.05) is 0 Å². The molecule has 0 aliphatic rings. The highest BCUT2D eigenvalue weighted by atomic mass is 32.2. The van der Waals surface area contributed by atoms with E-state index >= 15 is 0 Å². The van der Waals surface area contributed by atoms with E-state index < -0.39 is 54.0 Å². The molecule has 0 aromatic carbocycles. The van der Waals surface area contributed by atoms with Crippen molar-refractivity contribution in [3.05, 3.63) is 0 Å². The summed E-state index contributed by atoms with van der Waals surface area (Å²) in [6.07, 6.45) is 9.91. The molecule has 0 aromatic rings. The number of thioether (sulfide) groups is 4. The summed E-state index contributed by atoms with van der Waals surface area (Å²) in [5, 5.41) is 40.7. The molecule has 15 nitrogen and oxygen atoms in total. The van der Waals surface area contributed by atoms with Gasteiger partial charge in [0.25, 0.3) is 0 Å². The first-order chi connectivity index (χ1) is 19.0. The number of carbonyl (C=O) groups is 5. The highest BCUT2D eigenvalue weighted by Gasteiger charge is 2.11. The van der Waals surface area contributed by atoms with Gasteiger partial charge >= 0.3 is 29.8 Å². The molecule has 0 amide bonds. The number of carboxylic acid groups (broad SMARTS) is 5. The molecule has 0 spiro atoms. The molecule has 0 heterocycles. The van der Waals surface area contributed by atoms with Crippen molar-refractivity contribution in [1.29, 1.82) is 0 Å². The smallest absolute Gasteiger partial charge is 0.320 e. The minimum Gasteiger partial charge on any atom is -0.480 e. The van der Waals surface area contributed by atoms with Gasteiger partial charge in [-0.05, 0) is 73.7 Å². The highest BCUT2D eigenvalue weighted by molar-refractivity contribution is 7.99. The summed E-state index contributed by atoms with van der Waals surface area (Å²) in [6, 6.07) is -2.73. The third kappa shape index (κ3) is 48.6. The Morgan fingerprint density at radius 3 is 0.707 bits per heavy atom. The maximum atomic E-state index is 10.1. The van der Waals surface area contributed by atoms with Crippen LogP contribution in [-0.2, 0) is 24.0 Å².